The molecule has 3 aliphatic rings. The molecule has 0 aromatic rings. The highest BCUT2D eigenvalue weighted by molar-refractivity contribution is 5.84. The molecule has 0 radical (unpaired) electrons. The number of carboxylic acid groups (broad SMARTS) is 1. The van der Waals surface area contributed by atoms with Crippen molar-refractivity contribution in [2.45, 2.75) is 69.5 Å². The Morgan fingerprint density at radius 1 is 1.10 bits per heavy atom. The predicted molar refractivity (Wildman–Crippen MR) is 74.3 cm³/mol. The standard InChI is InChI=1S/C15H24N2O3/c18-14(17-6-2-1-3-13(17)15(19)20)9-10-7-11-4-5-12(8-10)16-11/h10-13,16H,1-9H2,(H,19,20)/t10?,11?,12?,13-/m0/s1. The van der Waals surface area contributed by atoms with Crippen molar-refractivity contribution in [3.05, 3.63) is 0 Å². The fourth-order valence-electron chi connectivity index (χ4n) is 4.19. The van der Waals surface area contributed by atoms with E-state index in [9.17, 15) is 14.7 Å². The molecule has 3 saturated heterocycles. The lowest BCUT2D eigenvalue weighted by molar-refractivity contribution is -0.152. The van der Waals surface area contributed by atoms with Crippen molar-refractivity contribution in [2.75, 3.05) is 6.54 Å². The molecule has 3 atom stereocenters. The number of piperidine rings is 2. The van der Waals surface area contributed by atoms with E-state index in [1.165, 1.54) is 12.8 Å². The molecule has 2 N–H and O–H groups in total. The van der Waals surface area contributed by atoms with E-state index in [1.54, 1.807) is 4.90 Å². The zero-order valence-corrected chi connectivity index (χ0v) is 11.9. The van der Waals surface area contributed by atoms with Gasteiger partial charge in [-0.15, -0.1) is 0 Å². The molecular formula is C15H24N2O3. The number of amides is 1. The maximum atomic E-state index is 12.5. The van der Waals surface area contributed by atoms with Crippen LogP contribution in [0.3, 0.4) is 0 Å². The topological polar surface area (TPSA) is 69.6 Å². The molecule has 112 valence electrons. The third kappa shape index (κ3) is 2.82. The van der Waals surface area contributed by atoms with Crippen molar-refractivity contribution < 1.29 is 14.7 Å². The second-order valence-corrected chi connectivity index (χ2v) is 6.62. The van der Waals surface area contributed by atoms with Crippen LogP contribution in [-0.2, 0) is 9.59 Å². The fraction of sp³-hybridized carbons (Fsp3) is 0.867. The first kappa shape index (κ1) is 13.9. The summed E-state index contributed by atoms with van der Waals surface area (Å²) in [6.07, 6.45) is 7.62. The summed E-state index contributed by atoms with van der Waals surface area (Å²) in [5, 5.41) is 12.8. The van der Waals surface area contributed by atoms with Gasteiger partial charge in [-0.3, -0.25) is 4.79 Å². The first-order valence-corrected chi connectivity index (χ1v) is 7.92. The normalized spacial score (nSPS) is 36.9. The summed E-state index contributed by atoms with van der Waals surface area (Å²) >= 11 is 0. The van der Waals surface area contributed by atoms with Gasteiger partial charge >= 0.3 is 5.97 Å². The monoisotopic (exact) mass is 280 g/mol. The molecule has 5 nitrogen and oxygen atoms in total. The minimum Gasteiger partial charge on any atom is -0.480 e. The lowest BCUT2D eigenvalue weighted by atomic mass is 9.88. The number of carbonyl (C=O) groups excluding carboxylic acids is 1. The molecule has 0 saturated carbocycles. The number of nitrogens with zero attached hydrogens (tertiary/aromatic N) is 1. The number of rotatable bonds is 3. The lowest BCUT2D eigenvalue weighted by Crippen LogP contribution is -2.49. The van der Waals surface area contributed by atoms with Gasteiger partial charge in [0, 0.05) is 25.0 Å². The molecule has 0 aromatic carbocycles. The molecule has 3 fully saturated rings. The fourth-order valence-corrected chi connectivity index (χ4v) is 4.19. The summed E-state index contributed by atoms with van der Waals surface area (Å²) in [7, 11) is 0. The number of fused-ring (bicyclic) bond motifs is 2. The van der Waals surface area contributed by atoms with E-state index in [0.29, 0.717) is 37.4 Å². The average molecular weight is 280 g/mol. The van der Waals surface area contributed by atoms with Crippen LogP contribution in [0.1, 0.15) is 51.4 Å². The highest BCUT2D eigenvalue weighted by atomic mass is 16.4. The van der Waals surface area contributed by atoms with Crippen molar-refractivity contribution in [1.29, 1.82) is 0 Å². The van der Waals surface area contributed by atoms with Gasteiger partial charge < -0.3 is 15.3 Å². The first-order chi connectivity index (χ1) is 9.63. The van der Waals surface area contributed by atoms with Crippen molar-refractivity contribution in [2.24, 2.45) is 5.92 Å². The Morgan fingerprint density at radius 3 is 2.45 bits per heavy atom. The predicted octanol–water partition coefficient (Wildman–Crippen LogP) is 1.37. The number of hydrogen-bond acceptors (Lipinski definition) is 3. The summed E-state index contributed by atoms with van der Waals surface area (Å²) < 4.78 is 0. The van der Waals surface area contributed by atoms with E-state index in [-0.39, 0.29) is 5.91 Å². The Morgan fingerprint density at radius 2 is 1.80 bits per heavy atom. The van der Waals surface area contributed by atoms with Gasteiger partial charge in [0.25, 0.3) is 0 Å². The molecule has 3 rings (SSSR count). The summed E-state index contributed by atoms with van der Waals surface area (Å²) in [6.45, 7) is 0.619. The Labute approximate surface area is 119 Å². The van der Waals surface area contributed by atoms with Crippen LogP contribution in [0.5, 0.6) is 0 Å². The third-order valence-electron chi connectivity index (χ3n) is 5.14. The molecule has 0 spiro atoms. The number of carbonyl (C=O) groups is 2. The van der Waals surface area contributed by atoms with Crippen molar-refractivity contribution in [1.82, 2.24) is 10.2 Å². The zero-order chi connectivity index (χ0) is 14.1. The molecule has 5 heteroatoms. The third-order valence-corrected chi connectivity index (χ3v) is 5.14. The molecular weight excluding hydrogens is 256 g/mol. The van der Waals surface area contributed by atoms with Crippen LogP contribution >= 0.6 is 0 Å². The quantitative estimate of drug-likeness (QED) is 0.819. The largest absolute Gasteiger partial charge is 0.480 e. The average Bonchev–Trinajstić information content (AvgIpc) is 2.78. The SMILES string of the molecule is O=C(O)[C@@H]1CCCCN1C(=O)CC1CC2CCC(C1)N2. The maximum absolute atomic E-state index is 12.5. The number of nitrogens with one attached hydrogen (secondary N) is 1. The van der Waals surface area contributed by atoms with Gasteiger partial charge in [0.1, 0.15) is 6.04 Å². The van der Waals surface area contributed by atoms with Crippen LogP contribution in [0.25, 0.3) is 0 Å². The summed E-state index contributed by atoms with van der Waals surface area (Å²) in [5.41, 5.74) is 0. The van der Waals surface area contributed by atoms with E-state index in [2.05, 4.69) is 5.32 Å². The lowest BCUT2D eigenvalue weighted by Gasteiger charge is -2.35. The van der Waals surface area contributed by atoms with Crippen LogP contribution in [0, 0.1) is 5.92 Å². The molecule has 2 unspecified atom stereocenters. The van der Waals surface area contributed by atoms with Gasteiger partial charge in [0.05, 0.1) is 0 Å². The van der Waals surface area contributed by atoms with Crippen LogP contribution in [-0.4, -0.2) is 46.6 Å². The van der Waals surface area contributed by atoms with Crippen LogP contribution in [0.4, 0.5) is 0 Å². The van der Waals surface area contributed by atoms with Crippen molar-refractivity contribution in [3.8, 4) is 0 Å². The van der Waals surface area contributed by atoms with E-state index in [1.807, 2.05) is 0 Å². The molecule has 3 heterocycles. The van der Waals surface area contributed by atoms with E-state index < -0.39 is 12.0 Å². The van der Waals surface area contributed by atoms with E-state index in [4.69, 9.17) is 0 Å². The molecule has 0 aliphatic carbocycles. The molecule has 2 bridgehead atoms. The van der Waals surface area contributed by atoms with Gasteiger partial charge in [-0.1, -0.05) is 0 Å². The molecule has 1 amide bonds. The Hall–Kier alpha value is -1.10. The van der Waals surface area contributed by atoms with Gasteiger partial charge in [-0.25, -0.2) is 4.79 Å². The second kappa shape index (κ2) is 5.72. The number of carboxylic acids is 1. The minimum atomic E-state index is -0.844. The van der Waals surface area contributed by atoms with Crippen molar-refractivity contribution in [3.63, 3.8) is 0 Å². The summed E-state index contributed by atoms with van der Waals surface area (Å²) in [6, 6.07) is 0.584. The van der Waals surface area contributed by atoms with Crippen LogP contribution in [0.15, 0.2) is 0 Å². The Balaban J connectivity index is 1.59. The maximum Gasteiger partial charge on any atom is 0.326 e. The number of hydrogen-bond donors (Lipinski definition) is 2. The summed E-state index contributed by atoms with van der Waals surface area (Å²) in [5.74, 6) is -0.343. The molecule has 3 aliphatic heterocycles. The van der Waals surface area contributed by atoms with Crippen LogP contribution < -0.4 is 5.32 Å². The highest BCUT2D eigenvalue weighted by Gasteiger charge is 2.37. The number of aliphatic carboxylic acids is 1. The Kier molecular flexibility index (Phi) is 3.96. The van der Waals surface area contributed by atoms with Gasteiger partial charge in [0.15, 0.2) is 0 Å². The smallest absolute Gasteiger partial charge is 0.326 e. The Bertz CT molecular complexity index is 387. The second-order valence-electron chi connectivity index (χ2n) is 6.62. The zero-order valence-electron chi connectivity index (χ0n) is 11.9. The number of likely N-dealkylation sites (tertiary alicyclic amines) is 1. The van der Waals surface area contributed by atoms with Gasteiger partial charge in [-0.2, -0.15) is 0 Å². The molecule has 20 heavy (non-hydrogen) atoms. The highest BCUT2D eigenvalue weighted by Crippen LogP contribution is 2.33. The minimum absolute atomic E-state index is 0.0587. The van der Waals surface area contributed by atoms with E-state index >= 15 is 0 Å². The first-order valence-electron chi connectivity index (χ1n) is 7.92. The van der Waals surface area contributed by atoms with E-state index in [0.717, 1.165) is 25.7 Å². The van der Waals surface area contributed by atoms with Gasteiger partial charge in [0.2, 0.25) is 5.91 Å². The van der Waals surface area contributed by atoms with Gasteiger partial charge in [-0.05, 0) is 50.9 Å². The van der Waals surface area contributed by atoms with Crippen LogP contribution in [0.2, 0.25) is 0 Å². The van der Waals surface area contributed by atoms with Crippen molar-refractivity contribution >= 4 is 11.9 Å². The molecule has 0 aromatic heterocycles. The summed E-state index contributed by atoms with van der Waals surface area (Å²) in [4.78, 5) is 25.3.